The molecule has 1 N–H and O–H groups in total. The Morgan fingerprint density at radius 2 is 1.32 bits per heavy atom. The lowest BCUT2D eigenvalue weighted by Gasteiger charge is -2.46. The van der Waals surface area contributed by atoms with Crippen molar-refractivity contribution in [2.24, 2.45) is 0 Å². The van der Waals surface area contributed by atoms with Crippen molar-refractivity contribution in [2.75, 3.05) is 18.0 Å². The monoisotopic (exact) mass is 329 g/mol. The molecular formula is C23H23NO. The number of anilines is 1. The molecule has 1 heterocycles. The number of piperidine rings is 1. The normalized spacial score (nSPS) is 23.4. The first-order valence-corrected chi connectivity index (χ1v) is 8.90. The molecule has 2 atom stereocenters. The molecular weight excluding hydrogens is 306 g/mol. The van der Waals surface area contributed by atoms with Crippen LogP contribution in [0.5, 0.6) is 0 Å². The third-order valence-corrected chi connectivity index (χ3v) is 5.34. The van der Waals surface area contributed by atoms with Crippen LogP contribution in [-0.4, -0.2) is 18.2 Å². The average molecular weight is 329 g/mol. The van der Waals surface area contributed by atoms with Crippen molar-refractivity contribution < 1.29 is 5.11 Å². The third kappa shape index (κ3) is 3.06. The van der Waals surface area contributed by atoms with E-state index in [1.54, 1.807) is 0 Å². The van der Waals surface area contributed by atoms with E-state index in [1.165, 1.54) is 11.3 Å². The van der Waals surface area contributed by atoms with Crippen LogP contribution in [0.25, 0.3) is 0 Å². The summed E-state index contributed by atoms with van der Waals surface area (Å²) in [6.45, 7) is 1.65. The van der Waals surface area contributed by atoms with Gasteiger partial charge < -0.3 is 10.0 Å². The number of hydrogen-bond donors (Lipinski definition) is 1. The molecule has 0 radical (unpaired) electrons. The van der Waals surface area contributed by atoms with Gasteiger partial charge in [0, 0.05) is 24.7 Å². The SMILES string of the molecule is OC1(c2ccccc2)CCN(c2ccccc2)CC1c1ccccc1. The predicted octanol–water partition coefficient (Wildman–Crippen LogP) is 4.57. The summed E-state index contributed by atoms with van der Waals surface area (Å²) in [6, 6.07) is 31.0. The molecule has 3 aromatic carbocycles. The Balaban J connectivity index is 1.73. The minimum atomic E-state index is -0.839. The van der Waals surface area contributed by atoms with Gasteiger partial charge in [0.25, 0.3) is 0 Å². The maximum Gasteiger partial charge on any atom is 0.0998 e. The second kappa shape index (κ2) is 6.73. The minimum Gasteiger partial charge on any atom is -0.384 e. The molecule has 3 aromatic rings. The van der Waals surface area contributed by atoms with Crippen molar-refractivity contribution in [1.82, 2.24) is 0 Å². The van der Waals surface area contributed by atoms with Gasteiger partial charge in [0.15, 0.2) is 0 Å². The largest absolute Gasteiger partial charge is 0.384 e. The Morgan fingerprint density at radius 1 is 0.760 bits per heavy atom. The van der Waals surface area contributed by atoms with E-state index in [0.717, 1.165) is 18.7 Å². The van der Waals surface area contributed by atoms with Crippen LogP contribution in [0.3, 0.4) is 0 Å². The number of benzene rings is 3. The van der Waals surface area contributed by atoms with E-state index in [9.17, 15) is 5.11 Å². The summed E-state index contributed by atoms with van der Waals surface area (Å²) < 4.78 is 0. The van der Waals surface area contributed by atoms with Crippen molar-refractivity contribution in [1.29, 1.82) is 0 Å². The summed E-state index contributed by atoms with van der Waals surface area (Å²) in [5, 5.41) is 11.7. The fourth-order valence-electron chi connectivity index (χ4n) is 3.95. The van der Waals surface area contributed by atoms with Crippen LogP contribution in [0.1, 0.15) is 23.5 Å². The van der Waals surface area contributed by atoms with Crippen LogP contribution in [0.2, 0.25) is 0 Å². The van der Waals surface area contributed by atoms with Crippen molar-refractivity contribution in [3.63, 3.8) is 0 Å². The quantitative estimate of drug-likeness (QED) is 0.761. The number of hydrogen-bond acceptors (Lipinski definition) is 2. The van der Waals surface area contributed by atoms with E-state index in [1.807, 2.05) is 42.5 Å². The van der Waals surface area contributed by atoms with Crippen LogP contribution in [0, 0.1) is 0 Å². The summed E-state index contributed by atoms with van der Waals surface area (Å²) in [4.78, 5) is 2.38. The summed E-state index contributed by atoms with van der Waals surface area (Å²) in [5.41, 5.74) is 2.58. The van der Waals surface area contributed by atoms with E-state index in [0.29, 0.717) is 6.42 Å². The Labute approximate surface area is 149 Å². The summed E-state index contributed by atoms with van der Waals surface area (Å²) in [6.07, 6.45) is 0.714. The molecule has 1 fully saturated rings. The van der Waals surface area contributed by atoms with Crippen molar-refractivity contribution >= 4 is 5.69 Å². The molecule has 2 unspecified atom stereocenters. The standard InChI is InChI=1S/C23H23NO/c25-23(20-12-6-2-7-13-20)16-17-24(21-14-8-3-9-15-21)18-22(23)19-10-4-1-5-11-19/h1-15,22,25H,16-18H2. The van der Waals surface area contributed by atoms with Crippen molar-refractivity contribution in [3.8, 4) is 0 Å². The lowest BCUT2D eigenvalue weighted by Crippen LogP contribution is -2.48. The van der Waals surface area contributed by atoms with Gasteiger partial charge in [-0.3, -0.25) is 0 Å². The second-order valence-corrected chi connectivity index (χ2v) is 6.79. The fourth-order valence-corrected chi connectivity index (χ4v) is 3.95. The highest BCUT2D eigenvalue weighted by Gasteiger charge is 2.43. The zero-order valence-corrected chi connectivity index (χ0v) is 14.3. The maximum absolute atomic E-state index is 11.7. The molecule has 126 valence electrons. The van der Waals surface area contributed by atoms with Crippen LogP contribution in [0.4, 0.5) is 5.69 Å². The smallest absolute Gasteiger partial charge is 0.0998 e. The van der Waals surface area contributed by atoms with Crippen LogP contribution in [0.15, 0.2) is 91.0 Å². The second-order valence-electron chi connectivity index (χ2n) is 6.79. The summed E-state index contributed by atoms with van der Waals surface area (Å²) >= 11 is 0. The molecule has 2 heteroatoms. The zero-order chi connectivity index (χ0) is 17.1. The topological polar surface area (TPSA) is 23.5 Å². The van der Waals surface area contributed by atoms with E-state index in [2.05, 4.69) is 53.4 Å². The van der Waals surface area contributed by atoms with Crippen LogP contribution < -0.4 is 4.90 Å². The highest BCUT2D eigenvalue weighted by Crippen LogP contribution is 2.44. The Hall–Kier alpha value is -2.58. The van der Waals surface area contributed by atoms with Gasteiger partial charge in [-0.2, -0.15) is 0 Å². The average Bonchev–Trinajstić information content (AvgIpc) is 2.70. The maximum atomic E-state index is 11.7. The van der Waals surface area contributed by atoms with Crippen LogP contribution in [-0.2, 0) is 5.60 Å². The molecule has 0 saturated carbocycles. The lowest BCUT2D eigenvalue weighted by molar-refractivity contribution is -0.00918. The molecule has 1 aliphatic rings. The van der Waals surface area contributed by atoms with Crippen molar-refractivity contribution in [3.05, 3.63) is 102 Å². The van der Waals surface area contributed by atoms with Gasteiger partial charge in [-0.25, -0.2) is 0 Å². The molecule has 1 aliphatic heterocycles. The van der Waals surface area contributed by atoms with Crippen molar-refractivity contribution in [2.45, 2.75) is 17.9 Å². The van der Waals surface area contributed by atoms with E-state index >= 15 is 0 Å². The number of para-hydroxylation sites is 1. The number of aliphatic hydroxyl groups is 1. The van der Waals surface area contributed by atoms with Gasteiger partial charge in [-0.1, -0.05) is 78.9 Å². The molecule has 25 heavy (non-hydrogen) atoms. The first-order valence-electron chi connectivity index (χ1n) is 8.90. The van der Waals surface area contributed by atoms with Crippen LogP contribution >= 0.6 is 0 Å². The van der Waals surface area contributed by atoms with Gasteiger partial charge >= 0.3 is 0 Å². The molecule has 0 aromatic heterocycles. The molecule has 2 nitrogen and oxygen atoms in total. The predicted molar refractivity (Wildman–Crippen MR) is 103 cm³/mol. The zero-order valence-electron chi connectivity index (χ0n) is 14.3. The third-order valence-electron chi connectivity index (χ3n) is 5.34. The first kappa shape index (κ1) is 15.9. The Morgan fingerprint density at radius 3 is 1.96 bits per heavy atom. The van der Waals surface area contributed by atoms with E-state index < -0.39 is 5.60 Å². The van der Waals surface area contributed by atoms with E-state index in [4.69, 9.17) is 0 Å². The van der Waals surface area contributed by atoms with Gasteiger partial charge in [-0.15, -0.1) is 0 Å². The molecule has 0 amide bonds. The highest BCUT2D eigenvalue weighted by molar-refractivity contribution is 5.49. The Bertz CT molecular complexity index is 803. The molecule has 1 saturated heterocycles. The first-order chi connectivity index (χ1) is 12.3. The van der Waals surface area contributed by atoms with Gasteiger partial charge in [0.2, 0.25) is 0 Å². The number of nitrogens with zero attached hydrogens (tertiary/aromatic N) is 1. The number of rotatable bonds is 3. The molecule has 0 bridgehead atoms. The lowest BCUT2D eigenvalue weighted by atomic mass is 9.72. The van der Waals surface area contributed by atoms with Gasteiger partial charge in [-0.05, 0) is 29.7 Å². The summed E-state index contributed by atoms with van der Waals surface area (Å²) in [5.74, 6) is 0.0325. The van der Waals surface area contributed by atoms with Gasteiger partial charge in [0.1, 0.15) is 0 Å². The minimum absolute atomic E-state index is 0.0325. The molecule has 4 rings (SSSR count). The highest BCUT2D eigenvalue weighted by atomic mass is 16.3. The fraction of sp³-hybridized carbons (Fsp3) is 0.217. The molecule has 0 spiro atoms. The summed E-state index contributed by atoms with van der Waals surface area (Å²) in [7, 11) is 0. The molecule has 0 aliphatic carbocycles. The van der Waals surface area contributed by atoms with E-state index in [-0.39, 0.29) is 5.92 Å². The van der Waals surface area contributed by atoms with Gasteiger partial charge in [0.05, 0.1) is 5.60 Å². The Kier molecular flexibility index (Phi) is 4.29.